The SMILES string of the molecule is CC(Oc1ccccc1P)C(=O)c1ccccc1. The Morgan fingerprint density at radius 2 is 1.67 bits per heavy atom. The monoisotopic (exact) mass is 258 g/mol. The van der Waals surface area contributed by atoms with E-state index >= 15 is 0 Å². The number of hydrogen-bond donors (Lipinski definition) is 0. The van der Waals surface area contributed by atoms with Crippen LogP contribution in [0.25, 0.3) is 0 Å². The second kappa shape index (κ2) is 5.79. The summed E-state index contributed by atoms with van der Waals surface area (Å²) in [5.41, 5.74) is 0.672. The average molecular weight is 258 g/mol. The van der Waals surface area contributed by atoms with Crippen molar-refractivity contribution in [2.75, 3.05) is 0 Å². The Hall–Kier alpha value is -1.66. The Labute approximate surface area is 109 Å². The van der Waals surface area contributed by atoms with E-state index in [1.807, 2.05) is 42.5 Å². The highest BCUT2D eigenvalue weighted by atomic mass is 31.0. The molecular formula is C15H15O2P. The molecule has 0 heterocycles. The number of ketones is 1. The van der Waals surface area contributed by atoms with Crippen LogP contribution in [0.1, 0.15) is 17.3 Å². The van der Waals surface area contributed by atoms with Gasteiger partial charge in [-0.25, -0.2) is 0 Å². The zero-order valence-corrected chi connectivity index (χ0v) is 11.3. The zero-order chi connectivity index (χ0) is 13.0. The van der Waals surface area contributed by atoms with Gasteiger partial charge in [-0.1, -0.05) is 48.5 Å². The summed E-state index contributed by atoms with van der Waals surface area (Å²) in [7, 11) is 2.60. The quantitative estimate of drug-likeness (QED) is 0.622. The number of benzene rings is 2. The van der Waals surface area contributed by atoms with Crippen LogP contribution in [0.2, 0.25) is 0 Å². The lowest BCUT2D eigenvalue weighted by molar-refractivity contribution is 0.0820. The summed E-state index contributed by atoms with van der Waals surface area (Å²) in [6, 6.07) is 16.8. The maximum absolute atomic E-state index is 12.1. The molecule has 0 aliphatic rings. The lowest BCUT2D eigenvalue weighted by atomic mass is 10.1. The highest BCUT2D eigenvalue weighted by Gasteiger charge is 2.16. The van der Waals surface area contributed by atoms with E-state index in [1.54, 1.807) is 19.1 Å². The Bertz CT molecular complexity index is 537. The molecule has 2 unspecified atom stereocenters. The third-order valence-corrected chi connectivity index (χ3v) is 3.13. The number of para-hydroxylation sites is 1. The van der Waals surface area contributed by atoms with Gasteiger partial charge in [0.1, 0.15) is 5.75 Å². The van der Waals surface area contributed by atoms with Crippen molar-refractivity contribution in [3.05, 3.63) is 60.2 Å². The Kier molecular flexibility index (Phi) is 4.11. The van der Waals surface area contributed by atoms with Crippen molar-refractivity contribution in [1.29, 1.82) is 0 Å². The van der Waals surface area contributed by atoms with Gasteiger partial charge in [-0.15, -0.1) is 9.24 Å². The lowest BCUT2D eigenvalue weighted by Gasteiger charge is -2.15. The van der Waals surface area contributed by atoms with Crippen LogP contribution in [0.15, 0.2) is 54.6 Å². The molecule has 0 radical (unpaired) electrons. The van der Waals surface area contributed by atoms with E-state index in [0.717, 1.165) is 11.1 Å². The first kappa shape index (κ1) is 12.8. The summed E-state index contributed by atoms with van der Waals surface area (Å²) < 4.78 is 5.69. The first-order valence-corrected chi connectivity index (χ1v) is 6.36. The molecule has 2 aromatic carbocycles. The number of hydrogen-bond acceptors (Lipinski definition) is 2. The predicted octanol–water partition coefficient (Wildman–Crippen LogP) is 2.84. The fourth-order valence-electron chi connectivity index (χ4n) is 1.67. The van der Waals surface area contributed by atoms with Gasteiger partial charge < -0.3 is 4.74 Å². The molecule has 0 saturated heterocycles. The highest BCUT2D eigenvalue weighted by Crippen LogP contribution is 2.14. The first-order chi connectivity index (χ1) is 8.68. The van der Waals surface area contributed by atoms with Gasteiger partial charge >= 0.3 is 0 Å². The molecule has 3 heteroatoms. The zero-order valence-electron chi connectivity index (χ0n) is 10.2. The standard InChI is InChI=1S/C15H15O2P/c1-11(15(16)12-7-3-2-4-8-12)17-13-9-5-6-10-14(13)18/h2-11H,18H2,1H3. The van der Waals surface area contributed by atoms with Gasteiger partial charge in [0.05, 0.1) is 0 Å². The van der Waals surface area contributed by atoms with Gasteiger partial charge in [-0.2, -0.15) is 0 Å². The van der Waals surface area contributed by atoms with E-state index in [0.29, 0.717) is 5.56 Å². The van der Waals surface area contributed by atoms with E-state index in [-0.39, 0.29) is 5.78 Å². The fourth-order valence-corrected chi connectivity index (χ4v) is 1.94. The van der Waals surface area contributed by atoms with Crippen molar-refractivity contribution in [1.82, 2.24) is 0 Å². The van der Waals surface area contributed by atoms with Gasteiger partial charge in [-0.05, 0) is 13.0 Å². The molecule has 0 amide bonds. The van der Waals surface area contributed by atoms with Crippen molar-refractivity contribution >= 4 is 20.3 Å². The van der Waals surface area contributed by atoms with Crippen molar-refractivity contribution in [3.63, 3.8) is 0 Å². The molecule has 2 nitrogen and oxygen atoms in total. The minimum atomic E-state index is -0.492. The van der Waals surface area contributed by atoms with Crippen LogP contribution in [-0.4, -0.2) is 11.9 Å². The lowest BCUT2D eigenvalue weighted by Crippen LogP contribution is -2.25. The van der Waals surface area contributed by atoms with Crippen LogP contribution in [0.4, 0.5) is 0 Å². The summed E-state index contributed by atoms with van der Waals surface area (Å²) in [6.07, 6.45) is -0.492. The normalized spacial score (nSPS) is 11.9. The number of rotatable bonds is 4. The number of ether oxygens (including phenoxy) is 1. The minimum absolute atomic E-state index is 0.0103. The number of Topliss-reactive ketones (excluding diaryl/α,β-unsaturated/α-hetero) is 1. The van der Waals surface area contributed by atoms with Crippen LogP contribution in [0.5, 0.6) is 5.75 Å². The Morgan fingerprint density at radius 3 is 2.33 bits per heavy atom. The second-order valence-corrected chi connectivity index (χ2v) is 4.65. The molecule has 0 aromatic heterocycles. The van der Waals surface area contributed by atoms with Crippen molar-refractivity contribution in [2.45, 2.75) is 13.0 Å². The average Bonchev–Trinajstić information content (AvgIpc) is 2.41. The van der Waals surface area contributed by atoms with Crippen LogP contribution in [0, 0.1) is 0 Å². The Morgan fingerprint density at radius 1 is 1.06 bits per heavy atom. The molecule has 0 saturated carbocycles. The van der Waals surface area contributed by atoms with Crippen LogP contribution in [0.3, 0.4) is 0 Å². The van der Waals surface area contributed by atoms with Crippen molar-refractivity contribution in [2.24, 2.45) is 0 Å². The summed E-state index contributed by atoms with van der Waals surface area (Å²) in [6.45, 7) is 1.77. The van der Waals surface area contributed by atoms with Crippen LogP contribution < -0.4 is 10.0 Å². The summed E-state index contributed by atoms with van der Waals surface area (Å²) in [5.74, 6) is 0.711. The second-order valence-electron chi connectivity index (χ2n) is 4.03. The molecule has 2 rings (SSSR count). The van der Waals surface area contributed by atoms with Gasteiger partial charge in [-0.3, -0.25) is 4.79 Å². The smallest absolute Gasteiger partial charge is 0.202 e. The maximum atomic E-state index is 12.1. The summed E-state index contributed by atoms with van der Waals surface area (Å²) in [4.78, 5) is 12.1. The van der Waals surface area contributed by atoms with E-state index in [1.165, 1.54) is 0 Å². The highest BCUT2D eigenvalue weighted by molar-refractivity contribution is 7.27. The molecule has 2 aromatic rings. The minimum Gasteiger partial charge on any atom is -0.482 e. The van der Waals surface area contributed by atoms with Crippen molar-refractivity contribution in [3.8, 4) is 5.75 Å². The van der Waals surface area contributed by atoms with Gasteiger partial charge in [0, 0.05) is 10.9 Å². The molecule has 0 bridgehead atoms. The van der Waals surface area contributed by atoms with E-state index in [2.05, 4.69) is 9.24 Å². The molecule has 0 fully saturated rings. The summed E-state index contributed by atoms with van der Waals surface area (Å²) in [5, 5.41) is 0.949. The molecule has 0 aliphatic carbocycles. The van der Waals surface area contributed by atoms with E-state index in [4.69, 9.17) is 4.74 Å². The van der Waals surface area contributed by atoms with Gasteiger partial charge in [0.25, 0.3) is 0 Å². The topological polar surface area (TPSA) is 26.3 Å². The largest absolute Gasteiger partial charge is 0.482 e. The molecular weight excluding hydrogens is 243 g/mol. The van der Waals surface area contributed by atoms with Gasteiger partial charge in [0.15, 0.2) is 6.10 Å². The molecule has 18 heavy (non-hydrogen) atoms. The molecule has 0 aliphatic heterocycles. The molecule has 0 spiro atoms. The molecule has 2 atom stereocenters. The first-order valence-electron chi connectivity index (χ1n) is 5.79. The Balaban J connectivity index is 2.11. The third kappa shape index (κ3) is 2.96. The molecule has 0 N–H and O–H groups in total. The predicted molar refractivity (Wildman–Crippen MR) is 76.6 cm³/mol. The maximum Gasteiger partial charge on any atom is 0.202 e. The van der Waals surface area contributed by atoms with E-state index in [9.17, 15) is 4.79 Å². The number of carbonyl (C=O) groups is 1. The third-order valence-electron chi connectivity index (χ3n) is 2.65. The summed E-state index contributed by atoms with van der Waals surface area (Å²) >= 11 is 0. The van der Waals surface area contributed by atoms with Gasteiger partial charge in [0.2, 0.25) is 5.78 Å². The van der Waals surface area contributed by atoms with E-state index < -0.39 is 6.10 Å². The van der Waals surface area contributed by atoms with Crippen molar-refractivity contribution < 1.29 is 9.53 Å². The number of carbonyl (C=O) groups excluding carboxylic acids is 1. The fraction of sp³-hybridized carbons (Fsp3) is 0.133. The van der Waals surface area contributed by atoms with Crippen LogP contribution >= 0.6 is 9.24 Å². The van der Waals surface area contributed by atoms with Crippen LogP contribution in [-0.2, 0) is 0 Å². The molecule has 92 valence electrons.